The number of amides is 1. The lowest BCUT2D eigenvalue weighted by atomic mass is 10.1. The highest BCUT2D eigenvalue weighted by molar-refractivity contribution is 6.01. The molecule has 0 N–H and O–H groups in total. The molecule has 2 aromatic rings. The molecule has 4 nitrogen and oxygen atoms in total. The van der Waals surface area contributed by atoms with Gasteiger partial charge in [-0.2, -0.15) is 5.26 Å². The molecular weight excluding hydrogens is 300 g/mol. The predicted molar refractivity (Wildman–Crippen MR) is 92.9 cm³/mol. The maximum atomic E-state index is 12.4. The lowest BCUT2D eigenvalue weighted by Crippen LogP contribution is -2.36. The first-order valence-corrected chi connectivity index (χ1v) is 8.25. The fourth-order valence-electron chi connectivity index (χ4n) is 2.85. The number of aryl methyl sites for hydroxylation is 1. The van der Waals surface area contributed by atoms with Crippen molar-refractivity contribution in [3.05, 3.63) is 53.3 Å². The lowest BCUT2D eigenvalue weighted by molar-refractivity contribution is -0.127. The Morgan fingerprint density at radius 1 is 1.12 bits per heavy atom. The summed E-state index contributed by atoms with van der Waals surface area (Å²) in [6.45, 7) is 3.49. The van der Waals surface area contributed by atoms with E-state index in [1.165, 1.54) is 11.6 Å². The monoisotopic (exact) mass is 320 g/mol. The zero-order valence-corrected chi connectivity index (χ0v) is 13.8. The van der Waals surface area contributed by atoms with Gasteiger partial charge in [-0.15, -0.1) is 0 Å². The van der Waals surface area contributed by atoms with Crippen LogP contribution in [0, 0.1) is 18.3 Å². The Morgan fingerprint density at radius 3 is 2.50 bits per heavy atom. The van der Waals surface area contributed by atoms with Gasteiger partial charge in [-0.05, 0) is 38.3 Å². The van der Waals surface area contributed by atoms with E-state index in [1.807, 2.05) is 43.3 Å². The number of benzene rings is 1. The number of hydrogen-bond donors (Lipinski definition) is 0. The van der Waals surface area contributed by atoms with Crippen molar-refractivity contribution in [2.45, 2.75) is 26.2 Å². The topological polar surface area (TPSA) is 57.2 Å². The molecule has 1 amide bonds. The van der Waals surface area contributed by atoms with E-state index in [4.69, 9.17) is 4.42 Å². The average Bonchev–Trinajstić information content (AvgIpc) is 3.09. The van der Waals surface area contributed by atoms with Crippen LogP contribution in [0.15, 0.2) is 46.4 Å². The molecule has 1 aliphatic heterocycles. The first-order valence-electron chi connectivity index (χ1n) is 8.25. The van der Waals surface area contributed by atoms with Gasteiger partial charge >= 0.3 is 0 Å². The first kappa shape index (κ1) is 16.1. The van der Waals surface area contributed by atoms with Gasteiger partial charge in [0.15, 0.2) is 0 Å². The zero-order valence-electron chi connectivity index (χ0n) is 13.8. The van der Waals surface area contributed by atoms with Gasteiger partial charge in [-0.3, -0.25) is 4.79 Å². The highest BCUT2D eigenvalue weighted by Gasteiger charge is 2.20. The normalized spacial score (nSPS) is 15.2. The summed E-state index contributed by atoms with van der Waals surface area (Å²) >= 11 is 0. The number of rotatable bonds is 3. The second kappa shape index (κ2) is 7.18. The van der Waals surface area contributed by atoms with E-state index >= 15 is 0 Å². The summed E-state index contributed by atoms with van der Waals surface area (Å²) < 4.78 is 5.78. The Labute approximate surface area is 142 Å². The standard InChI is InChI=1S/C20H20N2O2/c1-15-5-7-16(8-6-15)19-10-9-18(24-19)13-17(14-21)20(23)22-11-3-2-4-12-22/h5-10,13H,2-4,11-12H2,1H3. The third-order valence-electron chi connectivity index (χ3n) is 4.24. The second-order valence-electron chi connectivity index (χ2n) is 6.09. The summed E-state index contributed by atoms with van der Waals surface area (Å²) in [5.41, 5.74) is 2.28. The molecule has 0 bridgehead atoms. The van der Waals surface area contributed by atoms with E-state index in [-0.39, 0.29) is 11.5 Å². The highest BCUT2D eigenvalue weighted by Crippen LogP contribution is 2.24. The SMILES string of the molecule is Cc1ccc(-c2ccc(C=C(C#N)C(=O)N3CCCCC3)o2)cc1. The molecule has 0 spiro atoms. The van der Waals surface area contributed by atoms with Crippen molar-refractivity contribution in [3.8, 4) is 17.4 Å². The molecule has 4 heteroatoms. The van der Waals surface area contributed by atoms with E-state index in [9.17, 15) is 10.1 Å². The number of hydrogen-bond acceptors (Lipinski definition) is 3. The van der Waals surface area contributed by atoms with Crippen LogP contribution in [0.5, 0.6) is 0 Å². The summed E-state index contributed by atoms with van der Waals surface area (Å²) in [7, 11) is 0. The van der Waals surface area contributed by atoms with Gasteiger partial charge in [0.25, 0.3) is 5.91 Å². The van der Waals surface area contributed by atoms with Crippen LogP contribution in [0.4, 0.5) is 0 Å². The van der Waals surface area contributed by atoms with E-state index < -0.39 is 0 Å². The fraction of sp³-hybridized carbons (Fsp3) is 0.300. The highest BCUT2D eigenvalue weighted by atomic mass is 16.3. The molecule has 0 atom stereocenters. The van der Waals surface area contributed by atoms with E-state index in [1.54, 1.807) is 11.0 Å². The van der Waals surface area contributed by atoms with Gasteiger partial charge in [-0.1, -0.05) is 29.8 Å². The third-order valence-corrected chi connectivity index (χ3v) is 4.24. The zero-order chi connectivity index (χ0) is 16.9. The molecular formula is C20H20N2O2. The number of carbonyl (C=O) groups is 1. The van der Waals surface area contributed by atoms with Crippen LogP contribution >= 0.6 is 0 Å². The van der Waals surface area contributed by atoms with E-state index in [2.05, 4.69) is 0 Å². The molecule has 0 aliphatic carbocycles. The van der Waals surface area contributed by atoms with E-state index in [0.717, 1.165) is 43.7 Å². The van der Waals surface area contributed by atoms with Crippen molar-refractivity contribution < 1.29 is 9.21 Å². The lowest BCUT2D eigenvalue weighted by Gasteiger charge is -2.26. The molecule has 0 radical (unpaired) electrons. The maximum absolute atomic E-state index is 12.4. The summed E-state index contributed by atoms with van der Waals surface area (Å²) in [4.78, 5) is 14.2. The van der Waals surface area contributed by atoms with Crippen molar-refractivity contribution in [1.82, 2.24) is 4.90 Å². The van der Waals surface area contributed by atoms with Crippen LogP contribution in [0.2, 0.25) is 0 Å². The molecule has 122 valence electrons. The summed E-state index contributed by atoms with van der Waals surface area (Å²) in [5.74, 6) is 1.04. The number of furan rings is 1. The number of nitrogens with zero attached hydrogens (tertiary/aromatic N) is 2. The van der Waals surface area contributed by atoms with Crippen LogP contribution in [-0.4, -0.2) is 23.9 Å². The molecule has 1 aromatic heterocycles. The Balaban J connectivity index is 1.80. The quantitative estimate of drug-likeness (QED) is 0.630. The van der Waals surface area contributed by atoms with Crippen LogP contribution in [0.1, 0.15) is 30.6 Å². The van der Waals surface area contributed by atoms with Gasteiger partial charge in [0, 0.05) is 24.7 Å². The minimum Gasteiger partial charge on any atom is -0.457 e. The summed E-state index contributed by atoms with van der Waals surface area (Å²) in [5, 5.41) is 9.34. The molecule has 1 aliphatic rings. The summed E-state index contributed by atoms with van der Waals surface area (Å²) in [6.07, 6.45) is 4.69. The maximum Gasteiger partial charge on any atom is 0.264 e. The van der Waals surface area contributed by atoms with Gasteiger partial charge in [0.2, 0.25) is 0 Å². The molecule has 2 heterocycles. The van der Waals surface area contributed by atoms with E-state index in [0.29, 0.717) is 5.76 Å². The molecule has 1 aromatic carbocycles. The first-order chi connectivity index (χ1) is 11.7. The van der Waals surface area contributed by atoms with Gasteiger partial charge < -0.3 is 9.32 Å². The average molecular weight is 320 g/mol. The van der Waals surface area contributed by atoms with Crippen LogP contribution in [0.3, 0.4) is 0 Å². The second-order valence-corrected chi connectivity index (χ2v) is 6.09. The van der Waals surface area contributed by atoms with Crippen LogP contribution in [0.25, 0.3) is 17.4 Å². The minimum atomic E-state index is -0.203. The van der Waals surface area contributed by atoms with Crippen molar-refractivity contribution in [1.29, 1.82) is 5.26 Å². The number of piperidine rings is 1. The Morgan fingerprint density at radius 2 is 1.83 bits per heavy atom. The molecule has 24 heavy (non-hydrogen) atoms. The predicted octanol–water partition coefficient (Wildman–Crippen LogP) is 4.17. The van der Waals surface area contributed by atoms with Crippen LogP contribution < -0.4 is 0 Å². The van der Waals surface area contributed by atoms with Crippen molar-refractivity contribution >= 4 is 12.0 Å². The van der Waals surface area contributed by atoms with Gasteiger partial charge in [0.1, 0.15) is 23.2 Å². The molecule has 1 fully saturated rings. The molecule has 1 saturated heterocycles. The van der Waals surface area contributed by atoms with Gasteiger partial charge in [0.05, 0.1) is 0 Å². The van der Waals surface area contributed by atoms with Crippen LogP contribution in [-0.2, 0) is 4.79 Å². The molecule has 0 saturated carbocycles. The summed E-state index contributed by atoms with van der Waals surface area (Å²) in [6, 6.07) is 13.7. The largest absolute Gasteiger partial charge is 0.457 e. The van der Waals surface area contributed by atoms with Crippen molar-refractivity contribution in [2.75, 3.05) is 13.1 Å². The smallest absolute Gasteiger partial charge is 0.264 e. The Kier molecular flexibility index (Phi) is 4.81. The minimum absolute atomic E-state index is 0.127. The number of nitriles is 1. The van der Waals surface area contributed by atoms with Crippen molar-refractivity contribution in [3.63, 3.8) is 0 Å². The third kappa shape index (κ3) is 3.57. The Hall–Kier alpha value is -2.80. The number of carbonyl (C=O) groups excluding carboxylic acids is 1. The molecule has 0 unspecified atom stereocenters. The molecule has 3 rings (SSSR count). The Bertz CT molecular complexity index is 788. The fourth-order valence-corrected chi connectivity index (χ4v) is 2.85. The van der Waals surface area contributed by atoms with Gasteiger partial charge in [-0.25, -0.2) is 0 Å². The number of likely N-dealkylation sites (tertiary alicyclic amines) is 1. The van der Waals surface area contributed by atoms with Crippen molar-refractivity contribution in [2.24, 2.45) is 0 Å².